The predicted molar refractivity (Wildman–Crippen MR) is 94.2 cm³/mol. The third-order valence-electron chi connectivity index (χ3n) is 4.56. The highest BCUT2D eigenvalue weighted by Crippen LogP contribution is 2.36. The Morgan fingerprint density at radius 1 is 1.30 bits per heavy atom. The van der Waals surface area contributed by atoms with Gasteiger partial charge in [0.25, 0.3) is 0 Å². The molecular weight excluding hydrogens is 286 g/mol. The van der Waals surface area contributed by atoms with Crippen molar-refractivity contribution in [3.8, 4) is 5.75 Å². The van der Waals surface area contributed by atoms with Gasteiger partial charge in [-0.1, -0.05) is 26.2 Å². The van der Waals surface area contributed by atoms with E-state index in [1.807, 2.05) is 18.7 Å². The van der Waals surface area contributed by atoms with Crippen molar-refractivity contribution in [3.05, 3.63) is 42.5 Å². The lowest BCUT2D eigenvalue weighted by Crippen LogP contribution is -2.06. The maximum Gasteiger partial charge on any atom is 0.119 e. The average molecular weight is 313 g/mol. The zero-order valence-corrected chi connectivity index (χ0v) is 14.0. The number of aromatic nitrogens is 2. The zero-order chi connectivity index (χ0) is 15.9. The highest BCUT2D eigenvalue weighted by Gasteiger charge is 2.22. The Kier molecular flexibility index (Phi) is 5.56. The van der Waals surface area contributed by atoms with Gasteiger partial charge in [-0.3, -0.25) is 0 Å². The molecule has 3 rings (SSSR count). The fourth-order valence-electron chi connectivity index (χ4n) is 3.17. The largest absolute Gasteiger partial charge is 0.494 e. The first-order valence-electron chi connectivity index (χ1n) is 8.83. The molecule has 2 aromatic rings. The molecule has 0 saturated heterocycles. The number of ether oxygens (including phenoxy) is 1. The fourth-order valence-corrected chi connectivity index (χ4v) is 3.17. The number of imidazole rings is 1. The number of aryl methyl sites for hydroxylation is 1. The van der Waals surface area contributed by atoms with Crippen molar-refractivity contribution in [1.29, 1.82) is 0 Å². The number of unbranched alkanes of at least 4 members (excludes halogenated alkanes) is 3. The molecule has 1 unspecified atom stereocenters. The Morgan fingerprint density at radius 3 is 3.09 bits per heavy atom. The van der Waals surface area contributed by atoms with E-state index < -0.39 is 0 Å². The second-order valence-electron chi connectivity index (χ2n) is 6.33. The van der Waals surface area contributed by atoms with Crippen LogP contribution in [-0.2, 0) is 6.54 Å². The van der Waals surface area contributed by atoms with Crippen molar-refractivity contribution in [2.75, 3.05) is 18.5 Å². The number of fused-ring (bicyclic) bond motifs is 1. The first kappa shape index (κ1) is 15.9. The van der Waals surface area contributed by atoms with Crippen molar-refractivity contribution >= 4 is 5.69 Å². The molecule has 23 heavy (non-hydrogen) atoms. The van der Waals surface area contributed by atoms with Crippen LogP contribution in [0.3, 0.4) is 0 Å². The van der Waals surface area contributed by atoms with E-state index in [1.54, 1.807) is 0 Å². The molecule has 0 saturated carbocycles. The number of nitrogens with zero attached hydrogens (tertiary/aromatic N) is 2. The Hall–Kier alpha value is -1.97. The molecule has 0 bridgehead atoms. The molecule has 1 aromatic heterocycles. The standard InChI is InChI=1S/C19H27N3O/c1-2-3-4-5-12-23-17-6-7-19-18(13-17)16(14-21-19)8-10-22-11-9-20-15-22/h6-7,9,11,13,15-16,21H,2-5,8,10,12,14H2,1H3. The first-order chi connectivity index (χ1) is 11.4. The van der Waals surface area contributed by atoms with E-state index in [2.05, 4.69) is 40.0 Å². The number of hydrogen-bond donors (Lipinski definition) is 1. The molecule has 0 spiro atoms. The summed E-state index contributed by atoms with van der Waals surface area (Å²) < 4.78 is 8.08. The van der Waals surface area contributed by atoms with Crippen molar-refractivity contribution in [2.45, 2.75) is 51.5 Å². The summed E-state index contributed by atoms with van der Waals surface area (Å²) in [5, 5.41) is 3.51. The molecule has 1 aromatic carbocycles. The second kappa shape index (κ2) is 8.04. The second-order valence-corrected chi connectivity index (χ2v) is 6.33. The van der Waals surface area contributed by atoms with E-state index in [9.17, 15) is 0 Å². The van der Waals surface area contributed by atoms with Gasteiger partial charge >= 0.3 is 0 Å². The summed E-state index contributed by atoms with van der Waals surface area (Å²) in [7, 11) is 0. The molecule has 2 heterocycles. The summed E-state index contributed by atoms with van der Waals surface area (Å²) in [5.74, 6) is 1.56. The minimum atomic E-state index is 0.552. The number of benzene rings is 1. The maximum absolute atomic E-state index is 5.93. The Labute approximate surface area is 138 Å². The van der Waals surface area contributed by atoms with Crippen LogP contribution in [0.4, 0.5) is 5.69 Å². The van der Waals surface area contributed by atoms with Crippen LogP contribution in [0.1, 0.15) is 50.5 Å². The van der Waals surface area contributed by atoms with Gasteiger partial charge in [0.15, 0.2) is 0 Å². The lowest BCUT2D eigenvalue weighted by Gasteiger charge is -2.12. The maximum atomic E-state index is 5.93. The highest BCUT2D eigenvalue weighted by atomic mass is 16.5. The van der Waals surface area contributed by atoms with E-state index in [4.69, 9.17) is 4.74 Å². The Morgan fingerprint density at radius 2 is 2.26 bits per heavy atom. The molecular formula is C19H27N3O. The molecule has 4 heteroatoms. The molecule has 0 aliphatic carbocycles. The van der Waals surface area contributed by atoms with E-state index in [0.717, 1.165) is 38.3 Å². The zero-order valence-electron chi connectivity index (χ0n) is 14.0. The molecule has 1 aliphatic rings. The molecule has 124 valence electrons. The summed E-state index contributed by atoms with van der Waals surface area (Å²) in [6.07, 6.45) is 11.8. The van der Waals surface area contributed by atoms with Gasteiger partial charge in [0.05, 0.1) is 12.9 Å². The monoisotopic (exact) mass is 313 g/mol. The number of anilines is 1. The normalized spacial score (nSPS) is 16.1. The van der Waals surface area contributed by atoms with Gasteiger partial charge in [-0.2, -0.15) is 0 Å². The Balaban J connectivity index is 1.54. The highest BCUT2D eigenvalue weighted by molar-refractivity contribution is 5.60. The van der Waals surface area contributed by atoms with Gasteiger partial charge in [-0.15, -0.1) is 0 Å². The van der Waals surface area contributed by atoms with E-state index >= 15 is 0 Å². The molecule has 1 atom stereocenters. The third-order valence-corrected chi connectivity index (χ3v) is 4.56. The topological polar surface area (TPSA) is 39.1 Å². The minimum Gasteiger partial charge on any atom is -0.494 e. The van der Waals surface area contributed by atoms with Crippen LogP contribution in [0.2, 0.25) is 0 Å². The molecule has 0 fully saturated rings. The van der Waals surface area contributed by atoms with Crippen LogP contribution >= 0.6 is 0 Å². The fraction of sp³-hybridized carbons (Fsp3) is 0.526. The van der Waals surface area contributed by atoms with Crippen LogP contribution in [-0.4, -0.2) is 22.7 Å². The summed E-state index contributed by atoms with van der Waals surface area (Å²) in [6, 6.07) is 6.48. The van der Waals surface area contributed by atoms with Gasteiger partial charge in [-0.25, -0.2) is 4.98 Å². The van der Waals surface area contributed by atoms with E-state index in [0.29, 0.717) is 5.92 Å². The quantitative estimate of drug-likeness (QED) is 0.696. The average Bonchev–Trinajstić information content (AvgIpc) is 3.22. The van der Waals surface area contributed by atoms with Crippen molar-refractivity contribution < 1.29 is 4.74 Å². The van der Waals surface area contributed by atoms with Crippen LogP contribution in [0.15, 0.2) is 36.9 Å². The third kappa shape index (κ3) is 4.27. The summed E-state index contributed by atoms with van der Waals surface area (Å²) in [4.78, 5) is 4.11. The van der Waals surface area contributed by atoms with Gasteiger partial charge in [0, 0.05) is 37.1 Å². The van der Waals surface area contributed by atoms with Crippen LogP contribution in [0.5, 0.6) is 5.75 Å². The molecule has 4 nitrogen and oxygen atoms in total. The summed E-state index contributed by atoms with van der Waals surface area (Å²) in [6.45, 7) is 5.09. The SMILES string of the molecule is CCCCCCOc1ccc2c(c1)C(CCn1ccnc1)CN2. The van der Waals surface area contributed by atoms with Crippen molar-refractivity contribution in [3.63, 3.8) is 0 Å². The molecule has 0 amide bonds. The lowest BCUT2D eigenvalue weighted by atomic mass is 9.97. The van der Waals surface area contributed by atoms with Gasteiger partial charge in [0.2, 0.25) is 0 Å². The number of hydrogen-bond acceptors (Lipinski definition) is 3. The molecule has 1 N–H and O–H groups in total. The van der Waals surface area contributed by atoms with Crippen LogP contribution in [0.25, 0.3) is 0 Å². The van der Waals surface area contributed by atoms with Gasteiger partial charge < -0.3 is 14.6 Å². The lowest BCUT2D eigenvalue weighted by molar-refractivity contribution is 0.304. The van der Waals surface area contributed by atoms with Crippen molar-refractivity contribution in [1.82, 2.24) is 9.55 Å². The van der Waals surface area contributed by atoms with Gasteiger partial charge in [-0.05, 0) is 36.6 Å². The van der Waals surface area contributed by atoms with Crippen LogP contribution < -0.4 is 10.1 Å². The van der Waals surface area contributed by atoms with Crippen LogP contribution in [0, 0.1) is 0 Å². The summed E-state index contributed by atoms with van der Waals surface area (Å²) in [5.41, 5.74) is 2.66. The van der Waals surface area contributed by atoms with Gasteiger partial charge in [0.1, 0.15) is 5.75 Å². The predicted octanol–water partition coefficient (Wildman–Crippen LogP) is 4.44. The number of nitrogens with one attached hydrogen (secondary N) is 1. The Bertz CT molecular complexity index is 595. The minimum absolute atomic E-state index is 0.552. The first-order valence-corrected chi connectivity index (χ1v) is 8.83. The van der Waals surface area contributed by atoms with Crippen molar-refractivity contribution in [2.24, 2.45) is 0 Å². The molecule has 1 aliphatic heterocycles. The van der Waals surface area contributed by atoms with E-state index in [-0.39, 0.29) is 0 Å². The summed E-state index contributed by atoms with van der Waals surface area (Å²) >= 11 is 0. The van der Waals surface area contributed by atoms with E-state index in [1.165, 1.54) is 30.5 Å². The molecule has 0 radical (unpaired) electrons. The smallest absolute Gasteiger partial charge is 0.119 e. The number of rotatable bonds is 9.